The highest BCUT2D eigenvalue weighted by atomic mass is 16.6. The number of hydrogen-bond acceptors (Lipinski definition) is 4. The van der Waals surface area contributed by atoms with Gasteiger partial charge in [-0.3, -0.25) is 4.79 Å². The van der Waals surface area contributed by atoms with Crippen molar-refractivity contribution in [2.24, 2.45) is 5.92 Å². The van der Waals surface area contributed by atoms with Gasteiger partial charge in [0, 0.05) is 24.2 Å². The minimum atomic E-state index is -0.00658. The van der Waals surface area contributed by atoms with Crippen LogP contribution in [0.2, 0.25) is 0 Å². The Hall–Kier alpha value is -2.27. The van der Waals surface area contributed by atoms with Gasteiger partial charge >= 0.3 is 0 Å². The summed E-state index contributed by atoms with van der Waals surface area (Å²) in [6.07, 6.45) is 5.28. The van der Waals surface area contributed by atoms with Gasteiger partial charge in [-0.2, -0.15) is 0 Å². The molecule has 0 aliphatic carbocycles. The fourth-order valence-corrected chi connectivity index (χ4v) is 3.82. The van der Waals surface area contributed by atoms with Crippen molar-refractivity contribution >= 4 is 5.91 Å². The van der Waals surface area contributed by atoms with Gasteiger partial charge in [0.15, 0.2) is 0 Å². The maximum Gasteiger partial charge on any atom is 0.290 e. The van der Waals surface area contributed by atoms with E-state index in [0.29, 0.717) is 17.3 Å². The summed E-state index contributed by atoms with van der Waals surface area (Å²) in [4.78, 5) is 15.0. The van der Waals surface area contributed by atoms with Crippen LogP contribution in [0.4, 0.5) is 0 Å². The van der Waals surface area contributed by atoms with Crippen LogP contribution in [0.1, 0.15) is 35.2 Å². The maximum atomic E-state index is 12.5. The van der Waals surface area contributed by atoms with E-state index in [1.54, 1.807) is 30.5 Å². The zero-order valence-electron chi connectivity index (χ0n) is 14.5. The summed E-state index contributed by atoms with van der Waals surface area (Å²) < 4.78 is 10.9. The first-order valence-electron chi connectivity index (χ1n) is 9.02. The van der Waals surface area contributed by atoms with Crippen molar-refractivity contribution in [3.05, 3.63) is 47.7 Å². The molecule has 1 unspecified atom stereocenters. The third kappa shape index (κ3) is 3.87. The average molecular weight is 340 g/mol. The minimum absolute atomic E-state index is 0.00658. The minimum Gasteiger partial charge on any atom is -0.434 e. The number of carbonyl (C=O) groups excluding carboxylic acids is 1. The van der Waals surface area contributed by atoms with Crippen LogP contribution in [0.15, 0.2) is 41.0 Å². The van der Waals surface area contributed by atoms with Crippen LogP contribution in [0.3, 0.4) is 0 Å². The second kappa shape index (κ2) is 6.92. The van der Waals surface area contributed by atoms with Crippen molar-refractivity contribution in [2.75, 3.05) is 19.6 Å². The molecule has 1 atom stereocenters. The lowest BCUT2D eigenvalue weighted by Crippen LogP contribution is -2.41. The molecule has 2 bridgehead atoms. The number of carbonyl (C=O) groups is 1. The highest BCUT2D eigenvalue weighted by Gasteiger charge is 2.29. The summed E-state index contributed by atoms with van der Waals surface area (Å²) in [6, 6.07) is 9.28. The standard InChI is InChI=1S/C20H24N2O3/c1-14-10-19(24-13-14)25-18-4-2-16(3-5-18)20(23)21-17-11-15-6-8-22(12-17)9-7-15/h2-5,10,13,15,17H,6-9,11-12H2,1H3,(H,21,23). The number of benzene rings is 1. The smallest absolute Gasteiger partial charge is 0.290 e. The SMILES string of the molecule is Cc1coc(Oc2ccc(C(=O)NC3CC4CCN(CC4)C3)cc2)c1. The van der Waals surface area contributed by atoms with Gasteiger partial charge in [0.25, 0.3) is 11.9 Å². The van der Waals surface area contributed by atoms with Crippen molar-refractivity contribution < 1.29 is 13.9 Å². The second-order valence-electron chi connectivity index (χ2n) is 7.22. The Balaban J connectivity index is 1.37. The molecule has 0 spiro atoms. The summed E-state index contributed by atoms with van der Waals surface area (Å²) in [6.45, 7) is 5.27. The number of amides is 1. The van der Waals surface area contributed by atoms with Crippen molar-refractivity contribution in [3.63, 3.8) is 0 Å². The van der Waals surface area contributed by atoms with E-state index in [2.05, 4.69) is 10.2 Å². The number of furan rings is 1. The van der Waals surface area contributed by atoms with E-state index < -0.39 is 0 Å². The van der Waals surface area contributed by atoms with Crippen LogP contribution in [0.5, 0.6) is 11.7 Å². The number of rotatable bonds is 4. The Labute approximate surface area is 148 Å². The van der Waals surface area contributed by atoms with Gasteiger partial charge in [-0.05, 0) is 75.0 Å². The lowest BCUT2D eigenvalue weighted by Gasteiger charge is -2.26. The summed E-state index contributed by atoms with van der Waals surface area (Å²) in [5.74, 6) is 1.87. The fraction of sp³-hybridized carbons (Fsp3) is 0.450. The van der Waals surface area contributed by atoms with Crippen molar-refractivity contribution in [1.82, 2.24) is 10.2 Å². The van der Waals surface area contributed by atoms with Gasteiger partial charge in [0.05, 0.1) is 6.26 Å². The first-order valence-corrected chi connectivity index (χ1v) is 9.02. The van der Waals surface area contributed by atoms with Crippen LogP contribution in [-0.4, -0.2) is 36.5 Å². The third-order valence-corrected chi connectivity index (χ3v) is 5.18. The molecular weight excluding hydrogens is 316 g/mol. The molecule has 3 saturated heterocycles. The van der Waals surface area contributed by atoms with Crippen LogP contribution in [0.25, 0.3) is 0 Å². The van der Waals surface area contributed by atoms with E-state index in [1.165, 1.54) is 25.9 Å². The van der Waals surface area contributed by atoms with E-state index in [1.807, 2.05) is 13.0 Å². The number of nitrogens with one attached hydrogen (secondary N) is 1. The normalized spacial score (nSPS) is 25.4. The van der Waals surface area contributed by atoms with E-state index in [-0.39, 0.29) is 11.9 Å². The molecule has 4 heterocycles. The van der Waals surface area contributed by atoms with Gasteiger partial charge < -0.3 is 19.4 Å². The first-order chi connectivity index (χ1) is 12.2. The average Bonchev–Trinajstić information content (AvgIpc) is 2.81. The number of aryl methyl sites for hydroxylation is 1. The van der Waals surface area contributed by atoms with Crippen molar-refractivity contribution in [3.8, 4) is 11.7 Å². The van der Waals surface area contributed by atoms with E-state index in [4.69, 9.17) is 9.15 Å². The van der Waals surface area contributed by atoms with Crippen molar-refractivity contribution in [2.45, 2.75) is 32.2 Å². The van der Waals surface area contributed by atoms with Crippen molar-refractivity contribution in [1.29, 1.82) is 0 Å². The lowest BCUT2D eigenvalue weighted by molar-refractivity contribution is 0.0929. The Kier molecular flexibility index (Phi) is 4.49. The molecule has 0 saturated carbocycles. The summed E-state index contributed by atoms with van der Waals surface area (Å²) in [5.41, 5.74) is 1.67. The monoisotopic (exact) mass is 340 g/mol. The van der Waals surface area contributed by atoms with Crippen LogP contribution in [-0.2, 0) is 0 Å². The number of nitrogens with zero attached hydrogens (tertiary/aromatic N) is 1. The molecule has 1 aromatic carbocycles. The van der Waals surface area contributed by atoms with Gasteiger partial charge in [0.2, 0.25) is 0 Å². The van der Waals surface area contributed by atoms with Crippen LogP contribution in [0, 0.1) is 12.8 Å². The predicted octanol–water partition coefficient (Wildman–Crippen LogP) is 3.59. The first kappa shape index (κ1) is 16.2. The largest absolute Gasteiger partial charge is 0.434 e. The quantitative estimate of drug-likeness (QED) is 0.924. The molecule has 1 aromatic heterocycles. The molecule has 3 aliphatic rings. The topological polar surface area (TPSA) is 54.7 Å². The Morgan fingerprint density at radius 1 is 1.24 bits per heavy atom. The lowest BCUT2D eigenvalue weighted by atomic mass is 9.94. The predicted molar refractivity (Wildman–Crippen MR) is 95.0 cm³/mol. The number of fused-ring (bicyclic) bond motifs is 4. The molecular formula is C20H24N2O3. The Morgan fingerprint density at radius 3 is 2.68 bits per heavy atom. The zero-order valence-corrected chi connectivity index (χ0v) is 14.5. The van der Waals surface area contributed by atoms with Crippen LogP contribution >= 0.6 is 0 Å². The van der Waals surface area contributed by atoms with Gasteiger partial charge in [-0.1, -0.05) is 0 Å². The number of piperidine rings is 1. The molecule has 1 amide bonds. The van der Waals surface area contributed by atoms with E-state index >= 15 is 0 Å². The molecule has 3 fully saturated rings. The van der Waals surface area contributed by atoms with Gasteiger partial charge in [0.1, 0.15) is 5.75 Å². The molecule has 5 nitrogen and oxygen atoms in total. The molecule has 2 aromatic rings. The fourth-order valence-electron chi connectivity index (χ4n) is 3.82. The van der Waals surface area contributed by atoms with Gasteiger partial charge in [-0.15, -0.1) is 0 Å². The van der Waals surface area contributed by atoms with E-state index in [9.17, 15) is 4.79 Å². The molecule has 5 rings (SSSR count). The molecule has 132 valence electrons. The second-order valence-corrected chi connectivity index (χ2v) is 7.22. The molecule has 5 heteroatoms. The Bertz CT molecular complexity index is 716. The zero-order chi connectivity index (χ0) is 17.2. The molecule has 1 N–H and O–H groups in total. The maximum absolute atomic E-state index is 12.5. The highest BCUT2D eigenvalue weighted by molar-refractivity contribution is 5.94. The van der Waals surface area contributed by atoms with Gasteiger partial charge in [-0.25, -0.2) is 0 Å². The summed E-state index contributed by atoms with van der Waals surface area (Å²) >= 11 is 0. The third-order valence-electron chi connectivity index (χ3n) is 5.18. The summed E-state index contributed by atoms with van der Waals surface area (Å²) in [5, 5.41) is 3.21. The van der Waals surface area contributed by atoms with E-state index in [0.717, 1.165) is 24.4 Å². The number of hydrogen-bond donors (Lipinski definition) is 1. The van der Waals surface area contributed by atoms with Crippen LogP contribution < -0.4 is 10.1 Å². The molecule has 0 radical (unpaired) electrons. The summed E-state index contributed by atoms with van der Waals surface area (Å²) in [7, 11) is 0. The number of ether oxygens (including phenoxy) is 1. The Morgan fingerprint density at radius 2 is 2.00 bits per heavy atom. The molecule has 25 heavy (non-hydrogen) atoms. The highest BCUT2D eigenvalue weighted by Crippen LogP contribution is 2.27. The molecule has 3 aliphatic heterocycles.